The highest BCUT2D eigenvalue weighted by molar-refractivity contribution is 7.98. The van der Waals surface area contributed by atoms with Crippen molar-refractivity contribution >= 4 is 34.4 Å². The van der Waals surface area contributed by atoms with Gasteiger partial charge in [-0.25, -0.2) is 4.98 Å². The average molecular weight is 473 g/mol. The largest absolute Gasteiger partial charge is 0.497 e. The molecule has 1 fully saturated rings. The van der Waals surface area contributed by atoms with Crippen molar-refractivity contribution < 1.29 is 9.53 Å². The number of hydrogen-bond donors (Lipinski definition) is 1. The number of anilines is 1. The summed E-state index contributed by atoms with van der Waals surface area (Å²) < 4.78 is 5.26. The number of rotatable bonds is 6. The molecule has 1 aliphatic rings. The number of ether oxygens (including phenoxy) is 1. The topological polar surface area (TPSA) is 61.5 Å². The van der Waals surface area contributed by atoms with Gasteiger partial charge in [0.15, 0.2) is 5.16 Å². The quantitative estimate of drug-likeness (QED) is 0.390. The number of benzene rings is 3. The Bertz CT molecular complexity index is 1220. The Kier molecular flexibility index (Phi) is 6.72. The zero-order chi connectivity index (χ0) is 23.3. The number of nitrogens with zero attached hydrogens (tertiary/aromatic N) is 3. The first-order valence-electron chi connectivity index (χ1n) is 11.5. The summed E-state index contributed by atoms with van der Waals surface area (Å²) >= 11 is 1.67. The molecule has 6 nitrogen and oxygen atoms in total. The molecule has 1 amide bonds. The molecular weight excluding hydrogens is 444 g/mol. The van der Waals surface area contributed by atoms with Gasteiger partial charge in [0.2, 0.25) is 0 Å². The van der Waals surface area contributed by atoms with Crippen LogP contribution in [0.5, 0.6) is 5.75 Å². The molecule has 174 valence electrons. The molecule has 2 heterocycles. The molecule has 0 atom stereocenters. The van der Waals surface area contributed by atoms with Gasteiger partial charge in [-0.3, -0.25) is 4.79 Å². The second kappa shape index (κ2) is 10.2. The number of imidazole rings is 1. The normalized spacial score (nSPS) is 14.3. The molecule has 1 aliphatic heterocycles. The minimum Gasteiger partial charge on any atom is -0.497 e. The number of methoxy groups -OCH3 is 1. The predicted molar refractivity (Wildman–Crippen MR) is 138 cm³/mol. The van der Waals surface area contributed by atoms with Gasteiger partial charge in [0, 0.05) is 43.2 Å². The highest BCUT2D eigenvalue weighted by atomic mass is 32.2. The van der Waals surface area contributed by atoms with E-state index in [9.17, 15) is 4.79 Å². The van der Waals surface area contributed by atoms with Crippen LogP contribution in [0.1, 0.15) is 22.3 Å². The van der Waals surface area contributed by atoms with E-state index in [2.05, 4.69) is 27.0 Å². The molecule has 0 spiro atoms. The second-order valence-corrected chi connectivity index (χ2v) is 9.34. The Morgan fingerprint density at radius 3 is 2.53 bits per heavy atom. The first kappa shape index (κ1) is 22.3. The maximum Gasteiger partial charge on any atom is 0.253 e. The Hall–Kier alpha value is -3.45. The fraction of sp³-hybridized carbons (Fsp3) is 0.259. The van der Waals surface area contributed by atoms with Gasteiger partial charge in [0.25, 0.3) is 5.91 Å². The Morgan fingerprint density at radius 1 is 0.971 bits per heavy atom. The maximum absolute atomic E-state index is 13.1. The Labute approximate surface area is 203 Å². The molecule has 1 saturated heterocycles. The minimum absolute atomic E-state index is 0.105. The summed E-state index contributed by atoms with van der Waals surface area (Å²) in [6.45, 7) is 3.25. The standard InChI is InChI=1S/C27H28N4O2S/c1-33-23-13-11-22(12-14-23)30-15-4-16-31(18-17-30)26(32)21-9-7-20(8-10-21)19-34-27-28-24-5-2-3-6-25(24)29-27/h2-3,5-14H,4,15-19H2,1H3,(H,28,29). The molecule has 0 radical (unpaired) electrons. The van der Waals surface area contributed by atoms with Gasteiger partial charge in [0.1, 0.15) is 5.75 Å². The van der Waals surface area contributed by atoms with Crippen molar-refractivity contribution in [3.05, 3.63) is 83.9 Å². The third-order valence-corrected chi connectivity index (χ3v) is 7.11. The molecule has 3 aromatic carbocycles. The first-order chi connectivity index (χ1) is 16.7. The molecule has 0 aliphatic carbocycles. The number of carbonyl (C=O) groups is 1. The molecule has 0 unspecified atom stereocenters. The van der Waals surface area contributed by atoms with E-state index in [0.717, 1.165) is 59.3 Å². The number of carbonyl (C=O) groups excluding carboxylic acids is 1. The van der Waals surface area contributed by atoms with E-state index in [-0.39, 0.29) is 5.91 Å². The van der Waals surface area contributed by atoms with Crippen molar-refractivity contribution in [1.82, 2.24) is 14.9 Å². The van der Waals surface area contributed by atoms with Crippen molar-refractivity contribution in [3.8, 4) is 5.75 Å². The SMILES string of the molecule is COc1ccc(N2CCCN(C(=O)c3ccc(CSc4nc5ccccc5[nH]4)cc3)CC2)cc1. The number of para-hydroxylation sites is 2. The predicted octanol–water partition coefficient (Wildman–Crippen LogP) is 5.22. The zero-order valence-corrected chi connectivity index (χ0v) is 20.1. The number of H-pyrrole nitrogens is 1. The van der Waals surface area contributed by atoms with Gasteiger partial charge < -0.3 is 19.5 Å². The third-order valence-electron chi connectivity index (χ3n) is 6.16. The lowest BCUT2D eigenvalue weighted by Crippen LogP contribution is -2.35. The number of aromatic nitrogens is 2. The highest BCUT2D eigenvalue weighted by Gasteiger charge is 2.20. The smallest absolute Gasteiger partial charge is 0.253 e. The number of amides is 1. The second-order valence-electron chi connectivity index (χ2n) is 8.38. The summed E-state index contributed by atoms with van der Waals surface area (Å²) in [6.07, 6.45) is 0.948. The van der Waals surface area contributed by atoms with Crippen molar-refractivity contribution in [2.45, 2.75) is 17.3 Å². The van der Waals surface area contributed by atoms with Crippen LogP contribution in [0.15, 0.2) is 78.0 Å². The number of thioether (sulfide) groups is 1. The van der Waals surface area contributed by atoms with Crippen LogP contribution >= 0.6 is 11.8 Å². The third kappa shape index (κ3) is 5.04. The molecule has 4 aromatic rings. The van der Waals surface area contributed by atoms with Crippen molar-refractivity contribution in [3.63, 3.8) is 0 Å². The molecule has 5 rings (SSSR count). The lowest BCUT2D eigenvalue weighted by Gasteiger charge is -2.24. The van der Waals surface area contributed by atoms with E-state index in [1.165, 1.54) is 11.3 Å². The zero-order valence-electron chi connectivity index (χ0n) is 19.2. The van der Waals surface area contributed by atoms with Gasteiger partial charge in [-0.15, -0.1) is 0 Å². The summed E-state index contributed by atoms with van der Waals surface area (Å²) in [5.41, 5.74) is 5.11. The summed E-state index contributed by atoms with van der Waals surface area (Å²) in [4.78, 5) is 25.4. The molecule has 1 N–H and O–H groups in total. The van der Waals surface area contributed by atoms with Crippen molar-refractivity contribution in [2.24, 2.45) is 0 Å². The fourth-order valence-corrected chi connectivity index (χ4v) is 5.09. The summed E-state index contributed by atoms with van der Waals surface area (Å²) in [5.74, 6) is 1.76. The summed E-state index contributed by atoms with van der Waals surface area (Å²) in [7, 11) is 1.68. The van der Waals surface area contributed by atoms with Crippen LogP contribution in [0, 0.1) is 0 Å². The Morgan fingerprint density at radius 2 is 1.76 bits per heavy atom. The van der Waals surface area contributed by atoms with E-state index in [0.29, 0.717) is 6.54 Å². The lowest BCUT2D eigenvalue weighted by atomic mass is 10.1. The summed E-state index contributed by atoms with van der Waals surface area (Å²) in [6, 6.07) is 24.2. The van der Waals surface area contributed by atoms with E-state index >= 15 is 0 Å². The van der Waals surface area contributed by atoms with E-state index < -0.39 is 0 Å². The van der Waals surface area contributed by atoms with Crippen molar-refractivity contribution in [2.75, 3.05) is 38.2 Å². The van der Waals surface area contributed by atoms with Gasteiger partial charge in [0.05, 0.1) is 18.1 Å². The first-order valence-corrected chi connectivity index (χ1v) is 12.5. The van der Waals surface area contributed by atoms with Crippen LogP contribution in [0.4, 0.5) is 5.69 Å². The molecule has 1 aromatic heterocycles. The fourth-order valence-electron chi connectivity index (χ4n) is 4.25. The Balaban J connectivity index is 1.17. The maximum atomic E-state index is 13.1. The average Bonchev–Trinajstić information content (AvgIpc) is 3.15. The van der Waals surface area contributed by atoms with E-state index in [1.54, 1.807) is 18.9 Å². The van der Waals surface area contributed by atoms with Crippen LogP contribution in [0.3, 0.4) is 0 Å². The van der Waals surface area contributed by atoms with Gasteiger partial charge >= 0.3 is 0 Å². The van der Waals surface area contributed by atoms with E-state index in [1.807, 2.05) is 65.6 Å². The van der Waals surface area contributed by atoms with E-state index in [4.69, 9.17) is 4.74 Å². The van der Waals surface area contributed by atoms with Gasteiger partial charge in [-0.2, -0.15) is 0 Å². The highest BCUT2D eigenvalue weighted by Crippen LogP contribution is 2.24. The molecule has 0 bridgehead atoms. The number of nitrogens with one attached hydrogen (secondary N) is 1. The van der Waals surface area contributed by atoms with Crippen LogP contribution < -0.4 is 9.64 Å². The molecule has 7 heteroatoms. The van der Waals surface area contributed by atoms with Crippen LogP contribution in [-0.4, -0.2) is 54.1 Å². The minimum atomic E-state index is 0.105. The van der Waals surface area contributed by atoms with Crippen LogP contribution in [0.2, 0.25) is 0 Å². The number of hydrogen-bond acceptors (Lipinski definition) is 5. The van der Waals surface area contributed by atoms with Gasteiger partial charge in [-0.05, 0) is 60.5 Å². The van der Waals surface area contributed by atoms with Gasteiger partial charge in [-0.1, -0.05) is 36.0 Å². The van der Waals surface area contributed by atoms with Crippen LogP contribution in [0.25, 0.3) is 11.0 Å². The lowest BCUT2D eigenvalue weighted by molar-refractivity contribution is 0.0767. The number of fused-ring (bicyclic) bond motifs is 1. The molecule has 34 heavy (non-hydrogen) atoms. The monoisotopic (exact) mass is 472 g/mol. The summed E-state index contributed by atoms with van der Waals surface area (Å²) in [5, 5.41) is 0.910. The van der Waals surface area contributed by atoms with Crippen molar-refractivity contribution in [1.29, 1.82) is 0 Å². The van der Waals surface area contributed by atoms with Crippen LogP contribution in [-0.2, 0) is 5.75 Å². The molecular formula is C27H28N4O2S. The number of aromatic amines is 1. The molecule has 0 saturated carbocycles.